The molecule has 420 valence electrons. The van der Waals surface area contributed by atoms with Crippen LogP contribution in [0.25, 0.3) is 131 Å². The molecule has 0 N–H and O–H groups in total. The number of rotatable bonds is 10. The normalized spacial score (nSPS) is 11.8. The van der Waals surface area contributed by atoms with Crippen molar-refractivity contribution in [2.45, 2.75) is 0 Å². The van der Waals surface area contributed by atoms with Gasteiger partial charge in [0.1, 0.15) is 0 Å². The zero-order valence-corrected chi connectivity index (χ0v) is 49.1. The number of nitrogens with zero attached hydrogens (tertiary/aromatic N) is 4. The molecule has 0 fully saturated rings. The van der Waals surface area contributed by atoms with Gasteiger partial charge in [-0.05, 0) is 104 Å². The maximum Gasteiger partial charge on any atom is 0.0782 e. The number of fused-ring (bicyclic) bond motifs is 13. The number of hydrogen-bond acceptors (Lipinski definition) is 2. The molecule has 0 unspecified atom stereocenters. The molecule has 0 atom stereocenters. The van der Waals surface area contributed by atoms with E-state index in [4.69, 9.17) is 0 Å². The summed E-state index contributed by atoms with van der Waals surface area (Å²) in [7, 11) is 0. The summed E-state index contributed by atoms with van der Waals surface area (Å²) in [5.41, 5.74) is 17.9. The first-order chi connectivity index (χ1) is 44.7. The van der Waals surface area contributed by atoms with Gasteiger partial charge in [0.2, 0.25) is 0 Å². The van der Waals surface area contributed by atoms with Gasteiger partial charge in [-0.3, -0.25) is 0 Å². The molecule has 4 heteroatoms. The number of aromatic nitrogens is 2. The maximum absolute atomic E-state index is 2.58. The summed E-state index contributed by atoms with van der Waals surface area (Å²) in [5, 5.41) is 16.4. The maximum atomic E-state index is 2.58. The van der Waals surface area contributed by atoms with E-state index < -0.39 is 0 Å². The highest BCUT2D eigenvalue weighted by Gasteiger charge is 2.29. The lowest BCUT2D eigenvalue weighted by molar-refractivity contribution is 1.17. The van der Waals surface area contributed by atoms with Crippen LogP contribution in [0, 0.1) is 0 Å². The average molecular weight is 1150 g/mol. The lowest BCUT2D eigenvalue weighted by Gasteiger charge is -2.31. The van der Waals surface area contributed by atoms with Crippen LogP contribution >= 0.6 is 0 Å². The third kappa shape index (κ3) is 7.95. The van der Waals surface area contributed by atoms with Crippen molar-refractivity contribution in [2.24, 2.45) is 0 Å². The highest BCUT2D eigenvalue weighted by atomic mass is 15.2. The topological polar surface area (TPSA) is 16.3 Å². The fraction of sp³-hybridized carbons (Fsp3) is 0. The third-order valence-electron chi connectivity index (χ3n) is 18.6. The highest BCUT2D eigenvalue weighted by molar-refractivity contribution is 6.29. The molecule has 18 aromatic rings. The van der Waals surface area contributed by atoms with Crippen molar-refractivity contribution in [3.63, 3.8) is 0 Å². The predicted octanol–water partition coefficient (Wildman–Crippen LogP) is 23.9. The van der Waals surface area contributed by atoms with E-state index in [0.29, 0.717) is 0 Å². The number of anilines is 6. The van der Waals surface area contributed by atoms with E-state index in [2.05, 4.69) is 359 Å². The molecule has 2 aromatic heterocycles. The van der Waals surface area contributed by atoms with Crippen LogP contribution in [-0.2, 0) is 0 Å². The van der Waals surface area contributed by atoms with Crippen molar-refractivity contribution in [1.29, 1.82) is 0 Å². The van der Waals surface area contributed by atoms with Crippen molar-refractivity contribution in [1.82, 2.24) is 9.13 Å². The van der Waals surface area contributed by atoms with Crippen LogP contribution in [0.3, 0.4) is 0 Å². The average Bonchev–Trinajstić information content (AvgIpc) is 1.35. The van der Waals surface area contributed by atoms with Crippen molar-refractivity contribution >= 4 is 132 Å². The molecule has 0 saturated carbocycles. The molecule has 4 nitrogen and oxygen atoms in total. The molecule has 0 bridgehead atoms. The minimum Gasteiger partial charge on any atom is -0.307 e. The van der Waals surface area contributed by atoms with Crippen molar-refractivity contribution in [2.75, 3.05) is 9.80 Å². The zero-order valence-electron chi connectivity index (χ0n) is 49.1. The van der Waals surface area contributed by atoms with Gasteiger partial charge in [-0.2, -0.15) is 0 Å². The van der Waals surface area contributed by atoms with Crippen LogP contribution in [0.15, 0.2) is 340 Å². The van der Waals surface area contributed by atoms with E-state index in [9.17, 15) is 0 Å². The Bertz CT molecular complexity index is 5480. The smallest absolute Gasteiger partial charge is 0.0782 e. The monoisotopic (exact) mass is 1140 g/mol. The third-order valence-corrected chi connectivity index (χ3v) is 18.6. The van der Waals surface area contributed by atoms with Crippen LogP contribution in [0.5, 0.6) is 0 Å². The number of benzene rings is 16. The van der Waals surface area contributed by atoms with Crippen molar-refractivity contribution < 1.29 is 0 Å². The van der Waals surface area contributed by atoms with Gasteiger partial charge in [-0.25, -0.2) is 0 Å². The fourth-order valence-electron chi connectivity index (χ4n) is 14.8. The lowest BCUT2D eigenvalue weighted by atomic mass is 9.92. The van der Waals surface area contributed by atoms with E-state index in [1.165, 1.54) is 81.8 Å². The van der Waals surface area contributed by atoms with Gasteiger partial charge in [0.25, 0.3) is 0 Å². The minimum atomic E-state index is 1.07. The Morgan fingerprint density at radius 2 is 0.489 bits per heavy atom. The SMILES string of the molecule is c1ccc(-c2cccc3c4cccc(N(c5cccc6ccccc56)c5cc6cc(N(c7cccc8ccccc78)c7cccc8c9cccc(-c%10ccccc%10)c9n(-c9ccccc9)c78)c7ccccc7c6c6ccccc56)c4n(-c4ccccc4)c23)cc1. The van der Waals surface area contributed by atoms with Gasteiger partial charge in [0.15, 0.2) is 0 Å². The first-order valence-electron chi connectivity index (χ1n) is 31.0. The molecule has 0 aliphatic rings. The molecular weight excluding hydrogens is 1090 g/mol. The quantitative estimate of drug-likeness (QED) is 0.127. The first-order valence-corrected chi connectivity index (χ1v) is 31.0. The van der Waals surface area contributed by atoms with E-state index >= 15 is 0 Å². The summed E-state index contributed by atoms with van der Waals surface area (Å²) in [6, 6.07) is 125. The molecule has 0 radical (unpaired) electrons. The van der Waals surface area contributed by atoms with Crippen LogP contribution in [0.4, 0.5) is 34.1 Å². The summed E-state index contributed by atoms with van der Waals surface area (Å²) in [4.78, 5) is 5.15. The second-order valence-electron chi connectivity index (χ2n) is 23.5. The molecule has 0 aliphatic heterocycles. The van der Waals surface area contributed by atoms with E-state index in [1.54, 1.807) is 0 Å². The highest BCUT2D eigenvalue weighted by Crippen LogP contribution is 2.54. The van der Waals surface area contributed by atoms with Gasteiger partial charge >= 0.3 is 0 Å². The van der Waals surface area contributed by atoms with E-state index in [-0.39, 0.29) is 0 Å². The summed E-state index contributed by atoms with van der Waals surface area (Å²) < 4.78 is 5.05. The van der Waals surface area contributed by atoms with Crippen LogP contribution < -0.4 is 9.80 Å². The predicted molar refractivity (Wildman–Crippen MR) is 383 cm³/mol. The molecule has 0 aliphatic carbocycles. The molecule has 0 saturated heterocycles. The molecule has 16 aromatic carbocycles. The molecule has 2 heterocycles. The molecule has 90 heavy (non-hydrogen) atoms. The van der Waals surface area contributed by atoms with Gasteiger partial charge in [0, 0.05) is 65.6 Å². The zero-order chi connectivity index (χ0) is 59.2. The largest absolute Gasteiger partial charge is 0.307 e. The van der Waals surface area contributed by atoms with E-state index in [0.717, 1.165) is 83.5 Å². The second-order valence-corrected chi connectivity index (χ2v) is 23.5. The molecule has 0 amide bonds. The summed E-state index contributed by atoms with van der Waals surface area (Å²) in [6.45, 7) is 0. The van der Waals surface area contributed by atoms with Gasteiger partial charge < -0.3 is 18.9 Å². The number of para-hydroxylation sites is 6. The molecular formula is C86H56N4. The Morgan fingerprint density at radius 3 is 0.911 bits per heavy atom. The minimum absolute atomic E-state index is 1.07. The van der Waals surface area contributed by atoms with Crippen LogP contribution in [-0.4, -0.2) is 9.13 Å². The number of hydrogen-bond donors (Lipinski definition) is 0. The standard InChI is InChI=1S/C86H56N4/c1-5-27-59(28-6-1)66-45-23-47-72-74-49-25-53-78(85(74)87(83(66)72)62-35-9-3-10-36-62)89(76-51-21-33-57-31-13-15-39-64(57)76)80-55-61-56-81(69-42-18-20-44-71(69)82(61)70-43-19-17-41-68(70)80)90(77-52-22-34-58-32-14-16-40-65(58)77)79-54-26-50-75-73-48-24-46-67(60-29-7-2-8-30-60)84(73)88(86(75)79)63-37-11-4-12-38-63/h1-56H. The molecule has 0 spiro atoms. The van der Waals surface area contributed by atoms with Crippen molar-refractivity contribution in [3.05, 3.63) is 340 Å². The lowest BCUT2D eigenvalue weighted by Crippen LogP contribution is -2.14. The Kier molecular flexibility index (Phi) is 11.9. The Hall–Kier alpha value is -12.0. The van der Waals surface area contributed by atoms with Gasteiger partial charge in [-0.15, -0.1) is 0 Å². The molecule has 18 rings (SSSR count). The van der Waals surface area contributed by atoms with E-state index in [1.807, 2.05) is 0 Å². The van der Waals surface area contributed by atoms with Crippen LogP contribution in [0.2, 0.25) is 0 Å². The summed E-state index contributed by atoms with van der Waals surface area (Å²) >= 11 is 0. The Balaban J connectivity index is 0.984. The fourth-order valence-corrected chi connectivity index (χ4v) is 14.8. The Morgan fingerprint density at radius 1 is 0.189 bits per heavy atom. The second kappa shape index (κ2) is 20.9. The first kappa shape index (κ1) is 51.3. The summed E-state index contributed by atoms with van der Waals surface area (Å²) in [6.07, 6.45) is 0. The van der Waals surface area contributed by atoms with Crippen molar-refractivity contribution in [3.8, 4) is 33.6 Å². The summed E-state index contributed by atoms with van der Waals surface area (Å²) in [5.74, 6) is 0. The van der Waals surface area contributed by atoms with Gasteiger partial charge in [0.05, 0.1) is 56.2 Å². The Labute approximate surface area is 520 Å². The van der Waals surface area contributed by atoms with Gasteiger partial charge in [-0.1, -0.05) is 279 Å². The van der Waals surface area contributed by atoms with Crippen LogP contribution in [0.1, 0.15) is 0 Å².